The normalized spacial score (nSPS) is 19.3. The Morgan fingerprint density at radius 1 is 1.12 bits per heavy atom. The number of benzene rings is 1. The summed E-state index contributed by atoms with van der Waals surface area (Å²) in [5.74, 6) is 1.01. The lowest BCUT2D eigenvalue weighted by atomic mass is 9.73. The smallest absolute Gasteiger partial charge is 0.159 e. The Morgan fingerprint density at radius 3 is 2.19 bits per heavy atom. The van der Waals surface area contributed by atoms with Crippen molar-refractivity contribution >= 4 is 5.78 Å². The van der Waals surface area contributed by atoms with Crippen molar-refractivity contribution in [2.24, 2.45) is 0 Å². The van der Waals surface area contributed by atoms with E-state index in [9.17, 15) is 4.79 Å². The molecule has 0 fully saturated rings. The number of hydrogen-bond donors (Lipinski definition) is 0. The molecular weight excluding hydrogens is 196 g/mol. The molecule has 0 N–H and O–H groups in total. The van der Waals surface area contributed by atoms with Crippen LogP contribution in [-0.2, 0) is 12.8 Å². The molecule has 1 aromatic rings. The molecule has 0 atom stereocenters. The number of carbonyl (C=O) groups is 1. The topological polar surface area (TPSA) is 17.1 Å². The summed E-state index contributed by atoms with van der Waals surface area (Å²) in [5, 5.41) is 0. The van der Waals surface area contributed by atoms with Gasteiger partial charge in [-0.1, -0.05) is 0 Å². The van der Waals surface area contributed by atoms with Crippen LogP contribution in [0, 0.1) is 0 Å². The number of carbonyl (C=O) groups excluding carboxylic acids is 1. The molecule has 0 heterocycles. The van der Waals surface area contributed by atoms with Crippen LogP contribution in [0.2, 0.25) is 0 Å². The summed E-state index contributed by atoms with van der Waals surface area (Å²) < 4.78 is 0. The second-order valence-corrected chi connectivity index (χ2v) is 5.25. The molecule has 16 heavy (non-hydrogen) atoms. The Morgan fingerprint density at radius 2 is 1.69 bits per heavy atom. The van der Waals surface area contributed by atoms with Crippen molar-refractivity contribution in [3.63, 3.8) is 0 Å². The highest BCUT2D eigenvalue weighted by molar-refractivity contribution is 5.94. The molecule has 3 rings (SSSR count). The second kappa shape index (κ2) is 3.73. The zero-order chi connectivity index (χ0) is 11.1. The minimum Gasteiger partial charge on any atom is -0.295 e. The van der Waals surface area contributed by atoms with Crippen LogP contribution in [0.15, 0.2) is 12.1 Å². The molecule has 1 heteroatoms. The quantitative estimate of drug-likeness (QED) is 0.652. The summed E-state index contributed by atoms with van der Waals surface area (Å²) in [4.78, 5) is 11.5. The first-order valence-corrected chi connectivity index (χ1v) is 6.42. The first-order valence-electron chi connectivity index (χ1n) is 6.42. The highest BCUT2D eigenvalue weighted by Crippen LogP contribution is 2.41. The molecule has 1 nitrogen and oxygen atoms in total. The molecule has 0 saturated heterocycles. The van der Waals surface area contributed by atoms with E-state index in [1.807, 2.05) is 0 Å². The largest absolute Gasteiger partial charge is 0.295 e. The average Bonchev–Trinajstić information content (AvgIpc) is 2.29. The molecule has 0 radical (unpaired) electrons. The van der Waals surface area contributed by atoms with Gasteiger partial charge in [0, 0.05) is 5.56 Å². The molecule has 2 aliphatic rings. The fourth-order valence-electron chi connectivity index (χ4n) is 3.43. The zero-order valence-corrected chi connectivity index (χ0v) is 9.88. The Kier molecular flexibility index (Phi) is 2.34. The van der Waals surface area contributed by atoms with Crippen molar-refractivity contribution in [3.05, 3.63) is 34.4 Å². The van der Waals surface area contributed by atoms with Crippen LogP contribution in [0.25, 0.3) is 0 Å². The lowest BCUT2D eigenvalue weighted by Crippen LogP contribution is -2.18. The van der Waals surface area contributed by atoms with Crippen LogP contribution < -0.4 is 0 Å². The van der Waals surface area contributed by atoms with E-state index in [1.54, 1.807) is 12.5 Å². The zero-order valence-electron chi connectivity index (χ0n) is 9.88. The van der Waals surface area contributed by atoms with Gasteiger partial charge in [0.25, 0.3) is 0 Å². The highest BCUT2D eigenvalue weighted by Gasteiger charge is 2.26. The Labute approximate surface area is 96.9 Å². The first kappa shape index (κ1) is 10.1. The summed E-state index contributed by atoms with van der Waals surface area (Å²) in [5.41, 5.74) is 5.48. The molecule has 0 bridgehead atoms. The summed E-state index contributed by atoms with van der Waals surface area (Å²) in [7, 11) is 0. The van der Waals surface area contributed by atoms with Gasteiger partial charge >= 0.3 is 0 Å². The predicted molar refractivity (Wildman–Crippen MR) is 65.1 cm³/mol. The summed E-state index contributed by atoms with van der Waals surface area (Å²) in [6.07, 6.45) is 7.69. The maximum atomic E-state index is 11.5. The minimum atomic E-state index is 0.215. The van der Waals surface area contributed by atoms with Gasteiger partial charge in [-0.3, -0.25) is 4.79 Å². The van der Waals surface area contributed by atoms with E-state index in [0.717, 1.165) is 11.5 Å². The second-order valence-electron chi connectivity index (χ2n) is 5.25. The molecule has 0 aromatic heterocycles. The Hall–Kier alpha value is -1.11. The molecule has 0 unspecified atom stereocenters. The van der Waals surface area contributed by atoms with Crippen LogP contribution in [0.3, 0.4) is 0 Å². The lowest BCUT2D eigenvalue weighted by Gasteiger charge is -2.32. The van der Waals surface area contributed by atoms with Crippen molar-refractivity contribution < 1.29 is 4.79 Å². The van der Waals surface area contributed by atoms with Crippen LogP contribution in [0.1, 0.15) is 65.6 Å². The van der Waals surface area contributed by atoms with Gasteiger partial charge in [-0.15, -0.1) is 0 Å². The first-order chi connectivity index (χ1) is 7.75. The fraction of sp³-hybridized carbons (Fsp3) is 0.533. The van der Waals surface area contributed by atoms with E-state index < -0.39 is 0 Å². The van der Waals surface area contributed by atoms with Gasteiger partial charge in [0.1, 0.15) is 0 Å². The third kappa shape index (κ3) is 1.50. The van der Waals surface area contributed by atoms with E-state index in [0.29, 0.717) is 0 Å². The van der Waals surface area contributed by atoms with Gasteiger partial charge in [0.05, 0.1) is 0 Å². The van der Waals surface area contributed by atoms with Gasteiger partial charge in [-0.2, -0.15) is 0 Å². The van der Waals surface area contributed by atoms with Crippen molar-refractivity contribution in [2.75, 3.05) is 0 Å². The highest BCUT2D eigenvalue weighted by atomic mass is 16.1. The Bertz CT molecular complexity index is 414. The van der Waals surface area contributed by atoms with Crippen LogP contribution in [0.4, 0.5) is 0 Å². The summed E-state index contributed by atoms with van der Waals surface area (Å²) in [6, 6.07) is 4.30. The van der Waals surface area contributed by atoms with Crippen molar-refractivity contribution in [2.45, 2.75) is 51.4 Å². The number of Topliss-reactive ketones (excluding diaryl/α,β-unsaturated/α-hetero) is 1. The monoisotopic (exact) mass is 214 g/mol. The summed E-state index contributed by atoms with van der Waals surface area (Å²) in [6.45, 7) is 1.68. The molecule has 2 aliphatic carbocycles. The van der Waals surface area contributed by atoms with Gasteiger partial charge in [0.2, 0.25) is 0 Å². The molecule has 0 saturated carbocycles. The molecule has 0 spiro atoms. The van der Waals surface area contributed by atoms with Gasteiger partial charge in [0.15, 0.2) is 5.78 Å². The molecule has 0 aliphatic heterocycles. The van der Waals surface area contributed by atoms with Crippen LogP contribution >= 0.6 is 0 Å². The predicted octanol–water partition coefficient (Wildman–Crippen LogP) is 3.65. The third-order valence-corrected chi connectivity index (χ3v) is 4.16. The van der Waals surface area contributed by atoms with Crippen LogP contribution in [0.5, 0.6) is 0 Å². The maximum absolute atomic E-state index is 11.5. The number of rotatable bonds is 1. The maximum Gasteiger partial charge on any atom is 0.159 e. The van der Waals surface area contributed by atoms with E-state index in [2.05, 4.69) is 12.1 Å². The minimum absolute atomic E-state index is 0.215. The molecule has 0 amide bonds. The van der Waals surface area contributed by atoms with E-state index in [4.69, 9.17) is 0 Å². The van der Waals surface area contributed by atoms with E-state index in [1.165, 1.54) is 49.7 Å². The Balaban J connectivity index is 2.17. The van der Waals surface area contributed by atoms with Crippen molar-refractivity contribution in [1.29, 1.82) is 0 Å². The van der Waals surface area contributed by atoms with Gasteiger partial charge in [-0.25, -0.2) is 0 Å². The van der Waals surface area contributed by atoms with E-state index in [-0.39, 0.29) is 5.78 Å². The number of ketones is 1. The lowest BCUT2D eigenvalue weighted by molar-refractivity contribution is 0.101. The number of aryl methyl sites for hydroxylation is 2. The molecule has 84 valence electrons. The van der Waals surface area contributed by atoms with Gasteiger partial charge < -0.3 is 0 Å². The number of hydrogen-bond acceptors (Lipinski definition) is 1. The van der Waals surface area contributed by atoms with Crippen LogP contribution in [-0.4, -0.2) is 5.78 Å². The van der Waals surface area contributed by atoms with Crippen molar-refractivity contribution in [1.82, 2.24) is 0 Å². The van der Waals surface area contributed by atoms with Gasteiger partial charge in [-0.05, 0) is 80.2 Å². The fourth-order valence-corrected chi connectivity index (χ4v) is 3.43. The standard InChI is InChI=1S/C15H18O/c1-10(16)14-8-12-6-2-4-11-5-3-7-13(9-14)15(11)12/h8-9,11H,2-7H2,1H3. The SMILES string of the molecule is CC(=O)c1cc2c3c(c1)CCCC3CCC2. The third-order valence-electron chi connectivity index (χ3n) is 4.16. The molecular formula is C15H18O. The summed E-state index contributed by atoms with van der Waals surface area (Å²) >= 11 is 0. The van der Waals surface area contributed by atoms with E-state index >= 15 is 0 Å². The molecule has 1 aromatic carbocycles. The average molecular weight is 214 g/mol. The van der Waals surface area contributed by atoms with Crippen molar-refractivity contribution in [3.8, 4) is 0 Å².